The first-order chi connectivity index (χ1) is 15.3. The molecule has 0 aliphatic rings. The van der Waals surface area contributed by atoms with Crippen LogP contribution in [0.5, 0.6) is 0 Å². The van der Waals surface area contributed by atoms with Crippen molar-refractivity contribution in [3.8, 4) is 33.9 Å². The normalized spacial score (nSPS) is 11.2. The summed E-state index contributed by atoms with van der Waals surface area (Å²) in [5, 5.41) is 2.13. The van der Waals surface area contributed by atoms with Crippen molar-refractivity contribution in [2.45, 2.75) is 0 Å². The Balaban J connectivity index is 1.38. The second kappa shape index (κ2) is 7.15. The molecule has 6 rings (SSSR count). The fourth-order valence-electron chi connectivity index (χ4n) is 3.78. The van der Waals surface area contributed by atoms with Crippen LogP contribution in [-0.2, 0) is 0 Å². The monoisotopic (exact) mass is 400 g/mol. The van der Waals surface area contributed by atoms with Crippen LogP contribution in [0.15, 0.2) is 102 Å². The largest absolute Gasteiger partial charge is 0.456 e. The third-order valence-electron chi connectivity index (χ3n) is 5.34. The Hall–Kier alpha value is -4.38. The first-order valence-corrected chi connectivity index (χ1v) is 9.97. The summed E-state index contributed by atoms with van der Waals surface area (Å²) in [5.74, 6) is 1.27. The van der Waals surface area contributed by atoms with Gasteiger partial charge in [-0.3, -0.25) is 4.98 Å². The van der Waals surface area contributed by atoms with E-state index in [-0.39, 0.29) is 0 Å². The standard InChI is InChI=1S/C26H16N4O/c1-2-6-23-21(5-1)22-14-19(11-12-24(22)31-23)26-29-16-28-25(30-26)18-9-7-17(8-10-18)20-4-3-13-27-15-20/h1-16H. The van der Waals surface area contributed by atoms with E-state index in [4.69, 9.17) is 9.40 Å². The second-order valence-corrected chi connectivity index (χ2v) is 7.26. The molecule has 0 saturated heterocycles. The van der Waals surface area contributed by atoms with Gasteiger partial charge in [-0.1, -0.05) is 48.5 Å². The zero-order valence-electron chi connectivity index (χ0n) is 16.4. The predicted octanol–water partition coefficient (Wildman–Crippen LogP) is 6.17. The SMILES string of the molecule is c1cncc(-c2ccc(-c3ncnc(-c4ccc5oc6ccccc6c5c4)n3)cc2)c1. The van der Waals surface area contributed by atoms with Crippen LogP contribution in [0.1, 0.15) is 0 Å². The molecule has 0 bridgehead atoms. The van der Waals surface area contributed by atoms with Crippen molar-refractivity contribution in [3.05, 3.63) is 97.6 Å². The van der Waals surface area contributed by atoms with Gasteiger partial charge < -0.3 is 4.42 Å². The molecule has 5 nitrogen and oxygen atoms in total. The number of para-hydroxylation sites is 1. The van der Waals surface area contributed by atoms with Crippen molar-refractivity contribution in [1.82, 2.24) is 19.9 Å². The van der Waals surface area contributed by atoms with Gasteiger partial charge in [-0.2, -0.15) is 0 Å². The van der Waals surface area contributed by atoms with Crippen molar-refractivity contribution in [2.24, 2.45) is 0 Å². The van der Waals surface area contributed by atoms with Crippen molar-refractivity contribution in [2.75, 3.05) is 0 Å². The van der Waals surface area contributed by atoms with E-state index in [2.05, 4.69) is 39.2 Å². The summed E-state index contributed by atoms with van der Waals surface area (Å²) in [4.78, 5) is 17.7. The van der Waals surface area contributed by atoms with Crippen LogP contribution < -0.4 is 0 Å². The van der Waals surface area contributed by atoms with Crippen LogP contribution in [0.3, 0.4) is 0 Å². The van der Waals surface area contributed by atoms with E-state index in [1.54, 1.807) is 12.5 Å². The maximum absolute atomic E-state index is 5.93. The minimum Gasteiger partial charge on any atom is -0.456 e. The topological polar surface area (TPSA) is 64.7 Å². The highest BCUT2D eigenvalue weighted by Crippen LogP contribution is 2.31. The minimum atomic E-state index is 0.633. The summed E-state index contributed by atoms with van der Waals surface area (Å²) in [7, 11) is 0. The van der Waals surface area contributed by atoms with Crippen LogP contribution >= 0.6 is 0 Å². The van der Waals surface area contributed by atoms with Crippen molar-refractivity contribution in [3.63, 3.8) is 0 Å². The molecule has 0 unspecified atom stereocenters. The van der Waals surface area contributed by atoms with E-state index in [1.165, 1.54) is 0 Å². The van der Waals surface area contributed by atoms with E-state index in [0.29, 0.717) is 11.6 Å². The van der Waals surface area contributed by atoms with Crippen molar-refractivity contribution in [1.29, 1.82) is 0 Å². The molecule has 0 N–H and O–H groups in total. The number of aromatic nitrogens is 4. The fourth-order valence-corrected chi connectivity index (χ4v) is 3.78. The Bertz CT molecular complexity index is 1520. The Morgan fingerprint density at radius 1 is 0.581 bits per heavy atom. The van der Waals surface area contributed by atoms with Gasteiger partial charge in [-0.25, -0.2) is 15.0 Å². The lowest BCUT2D eigenvalue weighted by Crippen LogP contribution is -1.95. The van der Waals surface area contributed by atoms with Gasteiger partial charge in [0.15, 0.2) is 11.6 Å². The number of nitrogens with zero attached hydrogens (tertiary/aromatic N) is 4. The van der Waals surface area contributed by atoms with Gasteiger partial charge in [0.2, 0.25) is 0 Å². The molecule has 0 spiro atoms. The second-order valence-electron chi connectivity index (χ2n) is 7.26. The summed E-state index contributed by atoms with van der Waals surface area (Å²) in [6.45, 7) is 0. The summed E-state index contributed by atoms with van der Waals surface area (Å²) >= 11 is 0. The lowest BCUT2D eigenvalue weighted by Gasteiger charge is -2.05. The molecule has 3 aromatic heterocycles. The molecule has 3 aromatic carbocycles. The van der Waals surface area contributed by atoms with Gasteiger partial charge in [0.1, 0.15) is 17.5 Å². The number of pyridine rings is 1. The van der Waals surface area contributed by atoms with Gasteiger partial charge >= 0.3 is 0 Å². The number of benzene rings is 3. The smallest absolute Gasteiger partial charge is 0.163 e. The molecule has 6 aromatic rings. The zero-order valence-corrected chi connectivity index (χ0v) is 16.4. The van der Waals surface area contributed by atoms with E-state index in [9.17, 15) is 0 Å². The third kappa shape index (κ3) is 3.13. The number of furan rings is 1. The number of rotatable bonds is 3. The molecule has 0 fully saturated rings. The molecule has 0 saturated carbocycles. The summed E-state index contributed by atoms with van der Waals surface area (Å²) < 4.78 is 5.93. The van der Waals surface area contributed by atoms with E-state index in [1.807, 2.05) is 60.8 Å². The van der Waals surface area contributed by atoms with Crippen LogP contribution in [0.2, 0.25) is 0 Å². The van der Waals surface area contributed by atoms with Gasteiger partial charge in [0.25, 0.3) is 0 Å². The lowest BCUT2D eigenvalue weighted by atomic mass is 10.1. The summed E-state index contributed by atoms with van der Waals surface area (Å²) in [5.41, 5.74) is 5.76. The third-order valence-corrected chi connectivity index (χ3v) is 5.34. The molecule has 146 valence electrons. The first kappa shape index (κ1) is 17.5. The maximum Gasteiger partial charge on any atom is 0.163 e. The van der Waals surface area contributed by atoms with Gasteiger partial charge in [0, 0.05) is 34.3 Å². The maximum atomic E-state index is 5.93. The quantitative estimate of drug-likeness (QED) is 0.356. The van der Waals surface area contributed by atoms with E-state index < -0.39 is 0 Å². The lowest BCUT2D eigenvalue weighted by molar-refractivity contribution is 0.669. The van der Waals surface area contributed by atoms with Crippen LogP contribution in [-0.4, -0.2) is 19.9 Å². The number of hydrogen-bond acceptors (Lipinski definition) is 5. The van der Waals surface area contributed by atoms with Crippen molar-refractivity contribution < 1.29 is 4.42 Å². The first-order valence-electron chi connectivity index (χ1n) is 9.97. The van der Waals surface area contributed by atoms with Gasteiger partial charge in [-0.15, -0.1) is 0 Å². The molecule has 0 radical (unpaired) electrons. The molecule has 5 heteroatoms. The average molecular weight is 400 g/mol. The van der Waals surface area contributed by atoms with E-state index in [0.717, 1.165) is 44.2 Å². The highest BCUT2D eigenvalue weighted by Gasteiger charge is 2.11. The molecule has 0 amide bonds. The van der Waals surface area contributed by atoms with Crippen LogP contribution in [0.25, 0.3) is 55.8 Å². The molecule has 0 aliphatic carbocycles. The van der Waals surface area contributed by atoms with Gasteiger partial charge in [-0.05, 0) is 41.5 Å². The Morgan fingerprint density at radius 3 is 2.16 bits per heavy atom. The summed E-state index contributed by atoms with van der Waals surface area (Å²) in [6, 6.07) is 26.2. The van der Waals surface area contributed by atoms with E-state index >= 15 is 0 Å². The number of fused-ring (bicyclic) bond motifs is 3. The Kier molecular flexibility index (Phi) is 4.03. The average Bonchev–Trinajstić information content (AvgIpc) is 3.23. The molecule has 0 aliphatic heterocycles. The molecule has 3 heterocycles. The summed E-state index contributed by atoms with van der Waals surface area (Å²) in [6.07, 6.45) is 5.18. The highest BCUT2D eigenvalue weighted by molar-refractivity contribution is 6.06. The molecule has 31 heavy (non-hydrogen) atoms. The zero-order chi connectivity index (χ0) is 20.6. The molecular formula is C26H16N4O. The van der Waals surface area contributed by atoms with Crippen LogP contribution in [0, 0.1) is 0 Å². The fraction of sp³-hybridized carbons (Fsp3) is 0. The predicted molar refractivity (Wildman–Crippen MR) is 121 cm³/mol. The molecular weight excluding hydrogens is 384 g/mol. The van der Waals surface area contributed by atoms with Crippen molar-refractivity contribution >= 4 is 21.9 Å². The Labute approximate surface area is 178 Å². The molecule has 0 atom stereocenters. The highest BCUT2D eigenvalue weighted by atomic mass is 16.3. The Morgan fingerprint density at radius 2 is 1.32 bits per heavy atom. The van der Waals surface area contributed by atoms with Crippen LogP contribution in [0.4, 0.5) is 0 Å². The minimum absolute atomic E-state index is 0.633. The van der Waals surface area contributed by atoms with Gasteiger partial charge in [0.05, 0.1) is 0 Å². The number of hydrogen-bond donors (Lipinski definition) is 0.